The van der Waals surface area contributed by atoms with E-state index in [0.717, 1.165) is 11.3 Å². The van der Waals surface area contributed by atoms with Crippen LogP contribution < -0.4 is 24.8 Å². The van der Waals surface area contributed by atoms with E-state index in [4.69, 9.17) is 14.2 Å². The van der Waals surface area contributed by atoms with Crippen LogP contribution in [-0.2, 0) is 0 Å². The van der Waals surface area contributed by atoms with Crippen LogP contribution in [0.4, 0.5) is 4.79 Å². The monoisotopic (exact) mass is 328 g/mol. The second-order valence-corrected chi connectivity index (χ2v) is 5.40. The second-order valence-electron chi connectivity index (χ2n) is 5.40. The highest BCUT2D eigenvalue weighted by molar-refractivity contribution is 5.74. The van der Waals surface area contributed by atoms with Gasteiger partial charge in [0, 0.05) is 6.07 Å². The third kappa shape index (κ3) is 4.10. The third-order valence-electron chi connectivity index (χ3n) is 3.65. The summed E-state index contributed by atoms with van der Waals surface area (Å²) in [7, 11) is 0. The van der Waals surface area contributed by atoms with E-state index in [9.17, 15) is 4.79 Å². The van der Waals surface area contributed by atoms with E-state index in [0.29, 0.717) is 24.7 Å². The van der Waals surface area contributed by atoms with Gasteiger partial charge < -0.3 is 24.8 Å². The highest BCUT2D eigenvalue weighted by atomic mass is 16.7. The molecule has 1 aliphatic heterocycles. The Morgan fingerprint density at radius 1 is 1.17 bits per heavy atom. The number of carbonyl (C=O) groups excluding carboxylic acids is 1. The molecule has 0 spiro atoms. The van der Waals surface area contributed by atoms with Crippen molar-refractivity contribution in [3.63, 3.8) is 0 Å². The molecule has 0 fully saturated rings. The molecule has 3 rings (SSSR count). The summed E-state index contributed by atoms with van der Waals surface area (Å²) in [6.07, 6.45) is 0. The molecule has 0 saturated carbocycles. The van der Waals surface area contributed by atoms with E-state index >= 15 is 0 Å². The van der Waals surface area contributed by atoms with Gasteiger partial charge in [-0.25, -0.2) is 4.79 Å². The summed E-state index contributed by atoms with van der Waals surface area (Å²) in [5, 5.41) is 5.66. The van der Waals surface area contributed by atoms with Gasteiger partial charge in [0.15, 0.2) is 11.5 Å². The van der Waals surface area contributed by atoms with Crippen LogP contribution in [0, 0.1) is 0 Å². The molecule has 6 nitrogen and oxygen atoms in total. The average molecular weight is 328 g/mol. The topological polar surface area (TPSA) is 68.8 Å². The molecule has 0 bridgehead atoms. The number of urea groups is 1. The fourth-order valence-electron chi connectivity index (χ4n) is 2.37. The highest BCUT2D eigenvalue weighted by Crippen LogP contribution is 2.34. The minimum atomic E-state index is -0.222. The molecule has 0 unspecified atom stereocenters. The quantitative estimate of drug-likeness (QED) is 0.800. The fraction of sp³-hybridized carbons (Fsp3) is 0.278. The van der Waals surface area contributed by atoms with Crippen LogP contribution in [0.5, 0.6) is 17.2 Å². The Balaban J connectivity index is 1.38. The summed E-state index contributed by atoms with van der Waals surface area (Å²) in [6.45, 7) is 2.95. The van der Waals surface area contributed by atoms with Crippen LogP contribution in [0.1, 0.15) is 18.5 Å². The van der Waals surface area contributed by atoms with Crippen molar-refractivity contribution in [3.8, 4) is 17.2 Å². The fourth-order valence-corrected chi connectivity index (χ4v) is 2.37. The van der Waals surface area contributed by atoms with E-state index in [-0.39, 0.29) is 18.9 Å². The molecule has 0 aromatic heterocycles. The number of carbonyl (C=O) groups is 1. The molecule has 2 N–H and O–H groups in total. The number of benzene rings is 2. The van der Waals surface area contributed by atoms with Gasteiger partial charge in [0.1, 0.15) is 12.4 Å². The van der Waals surface area contributed by atoms with E-state index < -0.39 is 0 Å². The van der Waals surface area contributed by atoms with Crippen molar-refractivity contribution < 1.29 is 19.0 Å². The zero-order chi connectivity index (χ0) is 16.8. The van der Waals surface area contributed by atoms with E-state index in [1.165, 1.54) is 0 Å². The first kappa shape index (κ1) is 16.0. The minimum Gasteiger partial charge on any atom is -0.492 e. The first-order valence-corrected chi connectivity index (χ1v) is 7.84. The lowest BCUT2D eigenvalue weighted by atomic mass is 10.1. The largest absolute Gasteiger partial charge is 0.492 e. The van der Waals surface area contributed by atoms with Crippen molar-refractivity contribution in [2.75, 3.05) is 19.9 Å². The Hall–Kier alpha value is -2.89. The summed E-state index contributed by atoms with van der Waals surface area (Å²) < 4.78 is 16.1. The Morgan fingerprint density at radius 2 is 1.96 bits per heavy atom. The van der Waals surface area contributed by atoms with Crippen molar-refractivity contribution >= 4 is 6.03 Å². The van der Waals surface area contributed by atoms with Gasteiger partial charge in [-0.3, -0.25) is 0 Å². The van der Waals surface area contributed by atoms with Gasteiger partial charge in [-0.2, -0.15) is 0 Å². The number of rotatable bonds is 6. The predicted octanol–water partition coefficient (Wildman–Crippen LogP) is 2.85. The molecule has 2 aromatic rings. The summed E-state index contributed by atoms with van der Waals surface area (Å²) in [5.74, 6) is 2.07. The predicted molar refractivity (Wildman–Crippen MR) is 89.5 cm³/mol. The molecular formula is C18H20N2O4. The van der Waals surface area contributed by atoms with Crippen LogP contribution in [0.2, 0.25) is 0 Å². The summed E-state index contributed by atoms with van der Waals surface area (Å²) in [5.41, 5.74) is 1.06. The van der Waals surface area contributed by atoms with E-state index in [1.807, 2.05) is 43.3 Å². The van der Waals surface area contributed by atoms with Gasteiger partial charge in [-0.15, -0.1) is 0 Å². The number of amides is 2. The molecule has 6 heteroatoms. The number of nitrogens with one attached hydrogen (secondary N) is 2. The van der Waals surface area contributed by atoms with E-state index in [2.05, 4.69) is 10.6 Å². The molecule has 2 amide bonds. The van der Waals surface area contributed by atoms with Crippen molar-refractivity contribution in [2.45, 2.75) is 13.0 Å². The summed E-state index contributed by atoms with van der Waals surface area (Å²) in [4.78, 5) is 11.9. The van der Waals surface area contributed by atoms with Gasteiger partial charge in [0.05, 0.1) is 12.6 Å². The molecule has 2 aromatic carbocycles. The zero-order valence-electron chi connectivity index (χ0n) is 13.5. The Morgan fingerprint density at radius 3 is 2.79 bits per heavy atom. The van der Waals surface area contributed by atoms with Gasteiger partial charge in [-0.05, 0) is 24.6 Å². The summed E-state index contributed by atoms with van der Waals surface area (Å²) >= 11 is 0. The lowest BCUT2D eigenvalue weighted by Crippen LogP contribution is -2.38. The number of ether oxygens (including phenoxy) is 3. The Bertz CT molecular complexity index is 691. The molecule has 0 aliphatic carbocycles. The second kappa shape index (κ2) is 7.59. The minimum absolute atomic E-state index is 0.0546. The van der Waals surface area contributed by atoms with Crippen LogP contribution in [0.25, 0.3) is 0 Å². The van der Waals surface area contributed by atoms with Gasteiger partial charge in [-0.1, -0.05) is 30.3 Å². The number of fused-ring (bicyclic) bond motifs is 1. The van der Waals surface area contributed by atoms with E-state index in [1.54, 1.807) is 12.1 Å². The zero-order valence-corrected chi connectivity index (χ0v) is 13.5. The van der Waals surface area contributed by atoms with Crippen molar-refractivity contribution in [1.29, 1.82) is 0 Å². The standard InChI is InChI=1S/C18H20N2O4/c1-13(14-5-3-2-4-6-14)20-18(21)19-9-10-22-15-7-8-16-17(11-15)24-12-23-16/h2-8,11,13H,9-10,12H2,1H3,(H2,19,20,21)/t13-/m1/s1. The SMILES string of the molecule is C[C@@H](NC(=O)NCCOc1ccc2c(c1)OCO2)c1ccccc1. The van der Waals surface area contributed by atoms with Crippen molar-refractivity contribution in [1.82, 2.24) is 10.6 Å². The maximum Gasteiger partial charge on any atom is 0.315 e. The average Bonchev–Trinajstić information content (AvgIpc) is 3.07. The van der Waals surface area contributed by atoms with Gasteiger partial charge >= 0.3 is 6.03 Å². The summed E-state index contributed by atoms with van der Waals surface area (Å²) in [6, 6.07) is 14.9. The van der Waals surface area contributed by atoms with Crippen LogP contribution in [0.15, 0.2) is 48.5 Å². The molecule has 126 valence electrons. The molecule has 1 heterocycles. The third-order valence-corrected chi connectivity index (χ3v) is 3.65. The first-order chi connectivity index (χ1) is 11.7. The molecule has 1 atom stereocenters. The van der Waals surface area contributed by atoms with Crippen LogP contribution >= 0.6 is 0 Å². The molecule has 0 saturated heterocycles. The molecule has 0 radical (unpaired) electrons. The first-order valence-electron chi connectivity index (χ1n) is 7.84. The lowest BCUT2D eigenvalue weighted by molar-refractivity contribution is 0.173. The highest BCUT2D eigenvalue weighted by Gasteiger charge is 2.13. The molecule has 24 heavy (non-hydrogen) atoms. The van der Waals surface area contributed by atoms with Crippen molar-refractivity contribution in [3.05, 3.63) is 54.1 Å². The van der Waals surface area contributed by atoms with Crippen molar-refractivity contribution in [2.24, 2.45) is 0 Å². The number of hydrogen-bond acceptors (Lipinski definition) is 4. The van der Waals surface area contributed by atoms with Crippen LogP contribution in [0.3, 0.4) is 0 Å². The lowest BCUT2D eigenvalue weighted by Gasteiger charge is -2.15. The maximum atomic E-state index is 11.9. The van der Waals surface area contributed by atoms with Gasteiger partial charge in [0.2, 0.25) is 6.79 Å². The normalized spacial score (nSPS) is 13.2. The number of hydrogen-bond donors (Lipinski definition) is 2. The smallest absolute Gasteiger partial charge is 0.315 e. The molecule has 1 aliphatic rings. The van der Waals surface area contributed by atoms with Gasteiger partial charge in [0.25, 0.3) is 0 Å². The molecular weight excluding hydrogens is 308 g/mol. The Kier molecular flexibility index (Phi) is 5.05. The van der Waals surface area contributed by atoms with Crippen LogP contribution in [-0.4, -0.2) is 26.0 Å². The maximum absolute atomic E-state index is 11.9. The Labute approximate surface area is 140 Å².